The summed E-state index contributed by atoms with van der Waals surface area (Å²) in [6.45, 7) is 7.59. The molecule has 0 bridgehead atoms. The lowest BCUT2D eigenvalue weighted by Gasteiger charge is -2.30. The first-order valence-corrected chi connectivity index (χ1v) is 10.5. The second kappa shape index (κ2) is 9.22. The van der Waals surface area contributed by atoms with Crippen molar-refractivity contribution in [2.75, 3.05) is 43.1 Å². The van der Waals surface area contributed by atoms with Crippen LogP contribution < -0.4 is 19.7 Å². The molecule has 6 nitrogen and oxygen atoms in total. The third kappa shape index (κ3) is 4.60. The zero-order chi connectivity index (χ0) is 20.9. The van der Waals surface area contributed by atoms with Crippen LogP contribution in [0.5, 0.6) is 11.5 Å². The zero-order valence-electron chi connectivity index (χ0n) is 17.5. The monoisotopic (exact) mass is 408 g/mol. The van der Waals surface area contributed by atoms with Gasteiger partial charge in [-0.1, -0.05) is 12.1 Å². The van der Waals surface area contributed by atoms with Gasteiger partial charge in [-0.3, -0.25) is 4.79 Å². The summed E-state index contributed by atoms with van der Waals surface area (Å²) in [5.74, 6) is 1.45. The number of hydrogen-bond acceptors (Lipinski definition) is 5. The number of rotatable bonds is 6. The lowest BCUT2D eigenvalue weighted by atomic mass is 10.1. The minimum Gasteiger partial charge on any atom is -0.493 e. The predicted molar refractivity (Wildman–Crippen MR) is 119 cm³/mol. The van der Waals surface area contributed by atoms with Crippen LogP contribution in [0, 0.1) is 0 Å². The standard InChI is InChI=1S/C24H28N2O4/c1-3-29-22-16-19-14-17(2)30-23(19)15-18(22)8-9-24(27)25-20-6-4-5-7-21(20)26-10-12-28-13-11-26/h4-9,15-17H,3,10-14H2,1-2H3,(H,25,27)/b9-8+. The van der Waals surface area contributed by atoms with E-state index in [1.165, 1.54) is 0 Å². The molecule has 0 aromatic heterocycles. The minimum atomic E-state index is -0.187. The van der Waals surface area contributed by atoms with Crippen LogP contribution in [0.25, 0.3) is 6.08 Å². The first-order valence-electron chi connectivity index (χ1n) is 10.5. The Kier molecular flexibility index (Phi) is 6.23. The molecule has 30 heavy (non-hydrogen) atoms. The van der Waals surface area contributed by atoms with Gasteiger partial charge in [-0.15, -0.1) is 0 Å². The van der Waals surface area contributed by atoms with Gasteiger partial charge < -0.3 is 24.4 Å². The van der Waals surface area contributed by atoms with Crippen LogP contribution in [0.15, 0.2) is 42.5 Å². The Bertz CT molecular complexity index is 935. The van der Waals surface area contributed by atoms with Crippen molar-refractivity contribution >= 4 is 23.4 Å². The molecule has 4 rings (SSSR count). The van der Waals surface area contributed by atoms with E-state index in [0.29, 0.717) is 19.8 Å². The number of benzene rings is 2. The largest absolute Gasteiger partial charge is 0.493 e. The molecule has 6 heteroatoms. The van der Waals surface area contributed by atoms with Gasteiger partial charge in [0.15, 0.2) is 0 Å². The molecule has 0 radical (unpaired) electrons. The predicted octanol–water partition coefficient (Wildman–Crippen LogP) is 3.90. The second-order valence-electron chi connectivity index (χ2n) is 7.50. The summed E-state index contributed by atoms with van der Waals surface area (Å²) >= 11 is 0. The minimum absolute atomic E-state index is 0.161. The molecule has 1 unspecified atom stereocenters. The fourth-order valence-electron chi connectivity index (χ4n) is 3.87. The molecule has 0 saturated carbocycles. The van der Waals surface area contributed by atoms with Crippen molar-refractivity contribution < 1.29 is 19.0 Å². The van der Waals surface area contributed by atoms with E-state index >= 15 is 0 Å². The van der Waals surface area contributed by atoms with Crippen molar-refractivity contribution in [2.24, 2.45) is 0 Å². The number of amides is 1. The lowest BCUT2D eigenvalue weighted by Crippen LogP contribution is -2.36. The van der Waals surface area contributed by atoms with E-state index in [2.05, 4.69) is 17.1 Å². The highest BCUT2D eigenvalue weighted by molar-refractivity contribution is 6.04. The molecule has 158 valence electrons. The van der Waals surface area contributed by atoms with Gasteiger partial charge in [-0.2, -0.15) is 0 Å². The van der Waals surface area contributed by atoms with Crippen LogP contribution in [0.3, 0.4) is 0 Å². The number of carbonyl (C=O) groups is 1. The Hall–Kier alpha value is -2.99. The van der Waals surface area contributed by atoms with Crippen molar-refractivity contribution in [2.45, 2.75) is 26.4 Å². The van der Waals surface area contributed by atoms with Crippen LogP contribution in [0.4, 0.5) is 11.4 Å². The van der Waals surface area contributed by atoms with Crippen molar-refractivity contribution in [1.82, 2.24) is 0 Å². The molecule has 1 fully saturated rings. The maximum atomic E-state index is 12.7. The molecule has 0 aliphatic carbocycles. The number of carbonyl (C=O) groups excluding carboxylic acids is 1. The summed E-state index contributed by atoms with van der Waals surface area (Å²) < 4.78 is 17.1. The number of nitrogens with one attached hydrogen (secondary N) is 1. The van der Waals surface area contributed by atoms with E-state index in [4.69, 9.17) is 14.2 Å². The quantitative estimate of drug-likeness (QED) is 0.735. The Morgan fingerprint density at radius 2 is 2.07 bits per heavy atom. The lowest BCUT2D eigenvalue weighted by molar-refractivity contribution is -0.111. The van der Waals surface area contributed by atoms with Crippen LogP contribution in [-0.2, 0) is 16.0 Å². The first kappa shape index (κ1) is 20.3. The van der Waals surface area contributed by atoms with E-state index in [-0.39, 0.29) is 12.0 Å². The molecule has 2 aromatic carbocycles. The summed E-state index contributed by atoms with van der Waals surface area (Å²) in [5, 5.41) is 3.01. The van der Waals surface area contributed by atoms with Gasteiger partial charge in [0.05, 0.1) is 31.2 Å². The molecule has 2 heterocycles. The van der Waals surface area contributed by atoms with Crippen LogP contribution in [0.2, 0.25) is 0 Å². The van der Waals surface area contributed by atoms with Crippen molar-refractivity contribution in [3.8, 4) is 11.5 Å². The number of hydrogen-bond donors (Lipinski definition) is 1. The molecular formula is C24H28N2O4. The van der Waals surface area contributed by atoms with Gasteiger partial charge in [0.2, 0.25) is 5.91 Å². The van der Waals surface area contributed by atoms with Gasteiger partial charge in [0.25, 0.3) is 0 Å². The number of fused-ring (bicyclic) bond motifs is 1. The molecule has 2 aromatic rings. The highest BCUT2D eigenvalue weighted by Gasteiger charge is 2.21. The third-order valence-corrected chi connectivity index (χ3v) is 5.26. The van der Waals surface area contributed by atoms with Crippen molar-refractivity contribution in [1.29, 1.82) is 0 Å². The van der Waals surface area contributed by atoms with E-state index in [9.17, 15) is 4.79 Å². The molecule has 1 atom stereocenters. The van der Waals surface area contributed by atoms with Gasteiger partial charge >= 0.3 is 0 Å². The normalized spacial score (nSPS) is 18.2. The van der Waals surface area contributed by atoms with Gasteiger partial charge in [-0.05, 0) is 44.2 Å². The Balaban J connectivity index is 1.50. The topological polar surface area (TPSA) is 60.0 Å². The van der Waals surface area contributed by atoms with Gasteiger partial charge in [0.1, 0.15) is 17.6 Å². The summed E-state index contributed by atoms with van der Waals surface area (Å²) in [5.41, 5.74) is 3.79. The van der Waals surface area contributed by atoms with Crippen LogP contribution in [-0.4, -0.2) is 44.9 Å². The summed E-state index contributed by atoms with van der Waals surface area (Å²) in [6.07, 6.45) is 4.36. The summed E-state index contributed by atoms with van der Waals surface area (Å²) in [4.78, 5) is 14.9. The maximum Gasteiger partial charge on any atom is 0.248 e. The van der Waals surface area contributed by atoms with E-state index < -0.39 is 0 Å². The Morgan fingerprint density at radius 3 is 2.87 bits per heavy atom. The van der Waals surface area contributed by atoms with Gasteiger partial charge in [-0.25, -0.2) is 0 Å². The molecule has 1 amide bonds. The number of para-hydroxylation sites is 2. The zero-order valence-corrected chi connectivity index (χ0v) is 17.5. The number of anilines is 2. The average molecular weight is 408 g/mol. The molecule has 1 saturated heterocycles. The second-order valence-corrected chi connectivity index (χ2v) is 7.50. The Labute approximate surface area is 177 Å². The summed E-state index contributed by atoms with van der Waals surface area (Å²) in [7, 11) is 0. The van der Waals surface area contributed by atoms with Crippen LogP contribution >= 0.6 is 0 Å². The molecular weight excluding hydrogens is 380 g/mol. The van der Waals surface area contributed by atoms with Crippen molar-refractivity contribution in [3.05, 3.63) is 53.6 Å². The number of morpholine rings is 1. The number of ether oxygens (including phenoxy) is 3. The molecule has 0 spiro atoms. The molecule has 2 aliphatic rings. The van der Waals surface area contributed by atoms with Gasteiger partial charge in [0, 0.05) is 36.7 Å². The molecule has 1 N–H and O–H groups in total. The fourth-order valence-corrected chi connectivity index (χ4v) is 3.87. The SMILES string of the molecule is CCOc1cc2c(cc1/C=C/C(=O)Nc1ccccc1N1CCOCC1)OC(C)C2. The van der Waals surface area contributed by atoms with Crippen LogP contribution in [0.1, 0.15) is 25.0 Å². The average Bonchev–Trinajstić information content (AvgIpc) is 3.12. The molecule has 2 aliphatic heterocycles. The smallest absolute Gasteiger partial charge is 0.248 e. The van der Waals surface area contributed by atoms with Crippen molar-refractivity contribution in [3.63, 3.8) is 0 Å². The maximum absolute atomic E-state index is 12.7. The first-order chi connectivity index (χ1) is 14.6. The highest BCUT2D eigenvalue weighted by Crippen LogP contribution is 2.35. The number of nitrogens with zero attached hydrogens (tertiary/aromatic N) is 1. The third-order valence-electron chi connectivity index (χ3n) is 5.26. The Morgan fingerprint density at radius 1 is 1.27 bits per heavy atom. The van der Waals surface area contributed by atoms with E-state index in [0.717, 1.165) is 53.5 Å². The fraction of sp³-hybridized carbons (Fsp3) is 0.375. The summed E-state index contributed by atoms with van der Waals surface area (Å²) in [6, 6.07) is 11.8. The highest BCUT2D eigenvalue weighted by atomic mass is 16.5. The van der Waals surface area contributed by atoms with E-state index in [1.54, 1.807) is 12.2 Å². The van der Waals surface area contributed by atoms with E-state index in [1.807, 2.05) is 43.3 Å².